The predicted octanol–water partition coefficient (Wildman–Crippen LogP) is 3.41. The highest BCUT2D eigenvalue weighted by atomic mass is 19.3. The molecule has 1 aromatic carbocycles. The molecule has 0 unspecified atom stereocenters. The number of aryl methyl sites for hydroxylation is 1. The van der Waals surface area contributed by atoms with Gasteiger partial charge in [0.05, 0.1) is 5.56 Å². The Morgan fingerprint density at radius 3 is 2.44 bits per heavy atom. The third-order valence-corrected chi connectivity index (χ3v) is 4.13. The van der Waals surface area contributed by atoms with Crippen molar-refractivity contribution in [3.8, 4) is 5.75 Å². The van der Waals surface area contributed by atoms with Crippen LogP contribution < -0.4 is 5.73 Å². The van der Waals surface area contributed by atoms with E-state index >= 15 is 0 Å². The second-order valence-corrected chi connectivity index (χ2v) is 5.22. The fourth-order valence-electron chi connectivity index (χ4n) is 2.94. The van der Waals surface area contributed by atoms with Gasteiger partial charge in [0.25, 0.3) is 6.43 Å². The molecule has 100 valence electrons. The molecule has 0 heterocycles. The molecule has 3 N–H and O–H groups in total. The van der Waals surface area contributed by atoms with E-state index in [9.17, 15) is 13.9 Å². The molecule has 0 amide bonds. The summed E-state index contributed by atoms with van der Waals surface area (Å²) in [4.78, 5) is 0. The fraction of sp³-hybridized carbons (Fsp3) is 0.571. The predicted molar refractivity (Wildman–Crippen MR) is 67.0 cm³/mol. The number of rotatable bonds is 3. The van der Waals surface area contributed by atoms with Crippen molar-refractivity contribution in [2.24, 2.45) is 5.73 Å². The van der Waals surface area contributed by atoms with Crippen molar-refractivity contribution < 1.29 is 13.9 Å². The average molecular weight is 255 g/mol. The zero-order valence-electron chi connectivity index (χ0n) is 10.5. The zero-order chi connectivity index (χ0) is 13.3. The van der Waals surface area contributed by atoms with Crippen molar-refractivity contribution >= 4 is 0 Å². The number of halogens is 2. The minimum Gasteiger partial charge on any atom is -0.507 e. The number of nitrogens with two attached hydrogens (primary N) is 1. The van der Waals surface area contributed by atoms with E-state index in [1.54, 1.807) is 13.0 Å². The molecule has 0 radical (unpaired) electrons. The molecular formula is C14H19F2NO. The molecule has 0 atom stereocenters. The van der Waals surface area contributed by atoms with Crippen LogP contribution in [0.2, 0.25) is 0 Å². The van der Waals surface area contributed by atoms with Crippen LogP contribution in [0, 0.1) is 6.92 Å². The van der Waals surface area contributed by atoms with Crippen LogP contribution in [0.25, 0.3) is 0 Å². The first-order valence-electron chi connectivity index (χ1n) is 6.32. The maximum atomic E-state index is 12.9. The Bertz CT molecular complexity index is 440. The van der Waals surface area contributed by atoms with Gasteiger partial charge in [-0.1, -0.05) is 18.9 Å². The van der Waals surface area contributed by atoms with Gasteiger partial charge in [0.15, 0.2) is 0 Å². The summed E-state index contributed by atoms with van der Waals surface area (Å²) in [7, 11) is 0. The molecule has 1 saturated carbocycles. The van der Waals surface area contributed by atoms with E-state index in [-0.39, 0.29) is 16.7 Å². The lowest BCUT2D eigenvalue weighted by Gasteiger charge is -2.29. The van der Waals surface area contributed by atoms with E-state index in [4.69, 9.17) is 5.73 Å². The summed E-state index contributed by atoms with van der Waals surface area (Å²) in [5.74, 6) is -0.293. The van der Waals surface area contributed by atoms with Gasteiger partial charge >= 0.3 is 0 Å². The van der Waals surface area contributed by atoms with Crippen molar-refractivity contribution in [2.75, 3.05) is 6.54 Å². The molecule has 1 aromatic rings. The third kappa shape index (κ3) is 2.09. The SMILES string of the molecule is Cc1cc(C2(CN)CCCC2)cc(C(F)F)c1O. The second kappa shape index (κ2) is 4.84. The lowest BCUT2D eigenvalue weighted by molar-refractivity contribution is 0.147. The van der Waals surface area contributed by atoms with Crippen LogP contribution in [0.3, 0.4) is 0 Å². The largest absolute Gasteiger partial charge is 0.507 e. The molecule has 0 aromatic heterocycles. The van der Waals surface area contributed by atoms with Gasteiger partial charge in [-0.05, 0) is 37.0 Å². The molecule has 0 bridgehead atoms. The lowest BCUT2D eigenvalue weighted by Crippen LogP contribution is -2.32. The molecule has 0 aliphatic heterocycles. The van der Waals surface area contributed by atoms with Gasteiger partial charge in [-0.15, -0.1) is 0 Å². The number of benzene rings is 1. The van der Waals surface area contributed by atoms with Crippen molar-refractivity contribution in [1.82, 2.24) is 0 Å². The summed E-state index contributed by atoms with van der Waals surface area (Å²) in [6.45, 7) is 2.13. The quantitative estimate of drug-likeness (QED) is 0.869. The minimum atomic E-state index is -2.65. The maximum Gasteiger partial charge on any atom is 0.267 e. The topological polar surface area (TPSA) is 46.2 Å². The van der Waals surface area contributed by atoms with E-state index in [1.165, 1.54) is 6.07 Å². The number of phenols is 1. The monoisotopic (exact) mass is 255 g/mol. The number of hydrogen-bond donors (Lipinski definition) is 2. The van der Waals surface area contributed by atoms with Crippen LogP contribution >= 0.6 is 0 Å². The van der Waals surface area contributed by atoms with Crippen LogP contribution in [-0.2, 0) is 5.41 Å². The van der Waals surface area contributed by atoms with Crippen molar-refractivity contribution in [1.29, 1.82) is 0 Å². The average Bonchev–Trinajstić information content (AvgIpc) is 2.82. The van der Waals surface area contributed by atoms with Crippen LogP contribution in [0.15, 0.2) is 12.1 Å². The Morgan fingerprint density at radius 1 is 1.33 bits per heavy atom. The van der Waals surface area contributed by atoms with Crippen LogP contribution in [0.1, 0.15) is 48.8 Å². The molecule has 2 rings (SSSR count). The van der Waals surface area contributed by atoms with Gasteiger partial charge in [-0.25, -0.2) is 8.78 Å². The maximum absolute atomic E-state index is 12.9. The van der Waals surface area contributed by atoms with Gasteiger partial charge < -0.3 is 10.8 Å². The smallest absolute Gasteiger partial charge is 0.267 e. The van der Waals surface area contributed by atoms with Crippen LogP contribution in [0.4, 0.5) is 8.78 Å². The molecule has 4 heteroatoms. The number of phenolic OH excluding ortho intramolecular Hbond substituents is 1. The highest BCUT2D eigenvalue weighted by Gasteiger charge is 2.35. The first-order chi connectivity index (χ1) is 8.50. The standard InChI is InChI=1S/C14H19F2NO/c1-9-6-10(7-11(12(9)18)13(15)16)14(8-17)4-2-3-5-14/h6-7,13,18H,2-5,8,17H2,1H3. The zero-order valence-corrected chi connectivity index (χ0v) is 10.5. The Labute approximate surface area is 106 Å². The normalized spacial score (nSPS) is 18.5. The van der Waals surface area contributed by atoms with Gasteiger partial charge in [0.1, 0.15) is 5.75 Å². The Hall–Kier alpha value is -1.16. The van der Waals surface area contributed by atoms with Gasteiger partial charge in [0.2, 0.25) is 0 Å². The van der Waals surface area contributed by atoms with Crippen molar-refractivity contribution in [3.63, 3.8) is 0 Å². The highest BCUT2D eigenvalue weighted by Crippen LogP contribution is 2.43. The first-order valence-corrected chi connectivity index (χ1v) is 6.32. The number of hydrogen-bond acceptors (Lipinski definition) is 2. The van der Waals surface area contributed by atoms with Crippen LogP contribution in [-0.4, -0.2) is 11.7 Å². The highest BCUT2D eigenvalue weighted by molar-refractivity contribution is 5.46. The summed E-state index contributed by atoms with van der Waals surface area (Å²) in [6, 6.07) is 3.24. The molecule has 0 saturated heterocycles. The molecule has 1 aliphatic carbocycles. The van der Waals surface area contributed by atoms with Crippen molar-refractivity contribution in [2.45, 2.75) is 44.4 Å². The van der Waals surface area contributed by atoms with Crippen LogP contribution in [0.5, 0.6) is 5.75 Å². The summed E-state index contributed by atoms with van der Waals surface area (Å²) in [5.41, 5.74) is 6.77. The van der Waals surface area contributed by atoms with E-state index < -0.39 is 6.43 Å². The molecule has 18 heavy (non-hydrogen) atoms. The van der Waals surface area contributed by atoms with E-state index in [2.05, 4.69) is 0 Å². The number of alkyl halides is 2. The molecule has 2 nitrogen and oxygen atoms in total. The van der Waals surface area contributed by atoms with E-state index in [0.29, 0.717) is 12.1 Å². The molecular weight excluding hydrogens is 236 g/mol. The Balaban J connectivity index is 2.51. The minimum absolute atomic E-state index is 0.178. The summed E-state index contributed by atoms with van der Waals surface area (Å²) >= 11 is 0. The van der Waals surface area contributed by atoms with Gasteiger partial charge in [-0.3, -0.25) is 0 Å². The third-order valence-electron chi connectivity index (χ3n) is 4.13. The summed E-state index contributed by atoms with van der Waals surface area (Å²) in [6.07, 6.45) is 1.40. The van der Waals surface area contributed by atoms with Crippen molar-refractivity contribution in [3.05, 3.63) is 28.8 Å². The lowest BCUT2D eigenvalue weighted by atomic mass is 9.77. The van der Waals surface area contributed by atoms with E-state index in [0.717, 1.165) is 31.2 Å². The first kappa shape index (κ1) is 13.3. The molecule has 1 fully saturated rings. The Morgan fingerprint density at radius 2 is 1.94 bits per heavy atom. The van der Waals surface area contributed by atoms with Gasteiger partial charge in [0, 0.05) is 12.0 Å². The number of aromatic hydroxyl groups is 1. The second-order valence-electron chi connectivity index (χ2n) is 5.22. The molecule has 0 spiro atoms. The summed E-state index contributed by atoms with van der Waals surface area (Å²) < 4.78 is 25.8. The van der Waals surface area contributed by atoms with E-state index in [1.807, 2.05) is 0 Å². The Kier molecular flexibility index (Phi) is 3.57. The molecule has 1 aliphatic rings. The summed E-state index contributed by atoms with van der Waals surface area (Å²) in [5, 5.41) is 9.68. The fourth-order valence-corrected chi connectivity index (χ4v) is 2.94. The van der Waals surface area contributed by atoms with Gasteiger partial charge in [-0.2, -0.15) is 0 Å².